The van der Waals surface area contributed by atoms with E-state index in [4.69, 9.17) is 0 Å². The summed E-state index contributed by atoms with van der Waals surface area (Å²) in [5.74, 6) is 0.374. The average Bonchev–Trinajstić information content (AvgIpc) is 2.05. The first-order chi connectivity index (χ1) is 6.20. The van der Waals surface area contributed by atoms with Gasteiger partial charge in [-0.1, -0.05) is 33.1 Å². The molecule has 0 aliphatic heterocycles. The lowest BCUT2D eigenvalue weighted by molar-refractivity contribution is -0.119. The number of ketones is 1. The standard InChI is InChI=1S/C11H22OS/c1-3-5-6-8-11(13)9-10(12)7-4-2/h11,13H,3-9H2,1-2H3. The van der Waals surface area contributed by atoms with Crippen LogP contribution in [0.3, 0.4) is 0 Å². The zero-order valence-corrected chi connectivity index (χ0v) is 9.78. The van der Waals surface area contributed by atoms with Crippen LogP contribution in [0.1, 0.15) is 58.8 Å². The molecule has 0 radical (unpaired) electrons. The molecule has 0 aliphatic carbocycles. The molecule has 13 heavy (non-hydrogen) atoms. The molecule has 0 saturated heterocycles. The molecule has 0 aliphatic rings. The number of Topliss-reactive ketones (excluding diaryl/α,β-unsaturated/α-hetero) is 1. The van der Waals surface area contributed by atoms with Gasteiger partial charge in [-0.15, -0.1) is 0 Å². The van der Waals surface area contributed by atoms with Crippen molar-refractivity contribution in [1.29, 1.82) is 0 Å². The smallest absolute Gasteiger partial charge is 0.133 e. The van der Waals surface area contributed by atoms with Gasteiger partial charge in [-0.25, -0.2) is 0 Å². The molecule has 0 saturated carbocycles. The van der Waals surface area contributed by atoms with Gasteiger partial charge in [0.15, 0.2) is 0 Å². The fourth-order valence-corrected chi connectivity index (χ4v) is 1.76. The molecule has 0 spiro atoms. The molecule has 78 valence electrons. The molecule has 0 rings (SSSR count). The Hall–Kier alpha value is 0.0200. The third-order valence-electron chi connectivity index (χ3n) is 2.13. The molecule has 0 amide bonds. The number of hydrogen-bond donors (Lipinski definition) is 1. The first-order valence-electron chi connectivity index (χ1n) is 5.40. The third kappa shape index (κ3) is 8.35. The summed E-state index contributed by atoms with van der Waals surface area (Å²) in [6.07, 6.45) is 7.17. The fourth-order valence-electron chi connectivity index (χ4n) is 1.38. The van der Waals surface area contributed by atoms with E-state index in [9.17, 15) is 4.79 Å². The van der Waals surface area contributed by atoms with E-state index in [2.05, 4.69) is 19.6 Å². The highest BCUT2D eigenvalue weighted by Crippen LogP contribution is 2.13. The van der Waals surface area contributed by atoms with E-state index in [0.717, 1.165) is 19.3 Å². The lowest BCUT2D eigenvalue weighted by Gasteiger charge is -2.08. The van der Waals surface area contributed by atoms with E-state index in [1.807, 2.05) is 6.92 Å². The molecule has 0 fully saturated rings. The first-order valence-corrected chi connectivity index (χ1v) is 5.92. The van der Waals surface area contributed by atoms with Crippen molar-refractivity contribution in [2.75, 3.05) is 0 Å². The predicted molar refractivity (Wildman–Crippen MR) is 61.4 cm³/mol. The number of thiol groups is 1. The zero-order chi connectivity index (χ0) is 10.1. The van der Waals surface area contributed by atoms with Crippen LogP contribution in [0.4, 0.5) is 0 Å². The maximum absolute atomic E-state index is 11.2. The van der Waals surface area contributed by atoms with E-state index >= 15 is 0 Å². The van der Waals surface area contributed by atoms with Crippen LogP contribution in [0.2, 0.25) is 0 Å². The lowest BCUT2D eigenvalue weighted by atomic mass is 10.1. The van der Waals surface area contributed by atoms with E-state index in [-0.39, 0.29) is 0 Å². The molecule has 2 heteroatoms. The van der Waals surface area contributed by atoms with Crippen molar-refractivity contribution in [3.8, 4) is 0 Å². The van der Waals surface area contributed by atoms with Gasteiger partial charge in [0.05, 0.1) is 0 Å². The molecule has 0 bridgehead atoms. The normalized spacial score (nSPS) is 12.8. The van der Waals surface area contributed by atoms with Gasteiger partial charge in [0.2, 0.25) is 0 Å². The maximum Gasteiger partial charge on any atom is 0.133 e. The summed E-state index contributed by atoms with van der Waals surface area (Å²) < 4.78 is 0. The van der Waals surface area contributed by atoms with E-state index < -0.39 is 0 Å². The zero-order valence-electron chi connectivity index (χ0n) is 8.88. The Morgan fingerprint density at radius 2 is 1.92 bits per heavy atom. The molecule has 1 nitrogen and oxygen atoms in total. The molecule has 0 N–H and O–H groups in total. The summed E-state index contributed by atoms with van der Waals surface area (Å²) in [7, 11) is 0. The Kier molecular flexibility index (Phi) is 8.62. The molecule has 1 atom stereocenters. The quantitative estimate of drug-likeness (QED) is 0.470. The summed E-state index contributed by atoms with van der Waals surface area (Å²) in [6, 6.07) is 0. The molecule has 0 aromatic rings. The van der Waals surface area contributed by atoms with Crippen LogP contribution in [0.15, 0.2) is 0 Å². The Balaban J connectivity index is 3.38. The largest absolute Gasteiger partial charge is 0.300 e. The van der Waals surface area contributed by atoms with Gasteiger partial charge in [0.25, 0.3) is 0 Å². The molecular formula is C11H22OS. The number of unbranched alkanes of at least 4 members (excludes halogenated alkanes) is 2. The number of rotatable bonds is 8. The van der Waals surface area contributed by atoms with Crippen molar-refractivity contribution in [2.24, 2.45) is 0 Å². The van der Waals surface area contributed by atoms with Crippen molar-refractivity contribution in [1.82, 2.24) is 0 Å². The molecule has 1 unspecified atom stereocenters. The van der Waals surface area contributed by atoms with Gasteiger partial charge in [-0.05, 0) is 12.8 Å². The van der Waals surface area contributed by atoms with Gasteiger partial charge in [0.1, 0.15) is 5.78 Å². The van der Waals surface area contributed by atoms with Crippen molar-refractivity contribution in [2.45, 2.75) is 64.0 Å². The minimum Gasteiger partial charge on any atom is -0.300 e. The van der Waals surface area contributed by atoms with Crippen LogP contribution in [0.25, 0.3) is 0 Å². The van der Waals surface area contributed by atoms with Gasteiger partial charge in [-0.2, -0.15) is 12.6 Å². The van der Waals surface area contributed by atoms with Gasteiger partial charge >= 0.3 is 0 Å². The Bertz CT molecular complexity index is 134. The van der Waals surface area contributed by atoms with Gasteiger partial charge in [0, 0.05) is 18.1 Å². The predicted octanol–water partition coefficient (Wildman–Crippen LogP) is 3.62. The van der Waals surface area contributed by atoms with Gasteiger partial charge in [-0.3, -0.25) is 4.79 Å². The van der Waals surface area contributed by atoms with Crippen LogP contribution in [-0.4, -0.2) is 11.0 Å². The minimum atomic E-state index is 0.297. The van der Waals surface area contributed by atoms with Crippen molar-refractivity contribution < 1.29 is 4.79 Å². The first kappa shape index (κ1) is 13.0. The monoisotopic (exact) mass is 202 g/mol. The van der Waals surface area contributed by atoms with E-state index in [1.165, 1.54) is 19.3 Å². The van der Waals surface area contributed by atoms with Crippen LogP contribution >= 0.6 is 12.6 Å². The Morgan fingerprint density at radius 1 is 1.23 bits per heavy atom. The van der Waals surface area contributed by atoms with Gasteiger partial charge < -0.3 is 0 Å². The second-order valence-electron chi connectivity index (χ2n) is 3.64. The third-order valence-corrected chi connectivity index (χ3v) is 2.57. The van der Waals surface area contributed by atoms with Crippen LogP contribution in [-0.2, 0) is 4.79 Å². The Morgan fingerprint density at radius 3 is 2.46 bits per heavy atom. The topological polar surface area (TPSA) is 17.1 Å². The molecular weight excluding hydrogens is 180 g/mol. The Labute approximate surface area is 87.7 Å². The second-order valence-corrected chi connectivity index (χ2v) is 4.37. The summed E-state index contributed by atoms with van der Waals surface area (Å²) in [4.78, 5) is 11.2. The number of carbonyl (C=O) groups is 1. The number of carbonyl (C=O) groups excluding carboxylic acids is 1. The second kappa shape index (κ2) is 8.61. The van der Waals surface area contributed by atoms with E-state index in [0.29, 0.717) is 17.5 Å². The van der Waals surface area contributed by atoms with Crippen LogP contribution < -0.4 is 0 Å². The minimum absolute atomic E-state index is 0.297. The summed E-state index contributed by atoms with van der Waals surface area (Å²) in [6.45, 7) is 4.23. The highest BCUT2D eigenvalue weighted by atomic mass is 32.1. The molecule has 0 aromatic heterocycles. The fraction of sp³-hybridized carbons (Fsp3) is 0.909. The average molecular weight is 202 g/mol. The lowest BCUT2D eigenvalue weighted by Crippen LogP contribution is -2.07. The summed E-state index contributed by atoms with van der Waals surface area (Å²) in [5.41, 5.74) is 0. The SMILES string of the molecule is CCCCCC(S)CC(=O)CCC. The van der Waals surface area contributed by atoms with Crippen molar-refractivity contribution in [3.05, 3.63) is 0 Å². The highest BCUT2D eigenvalue weighted by Gasteiger charge is 2.08. The van der Waals surface area contributed by atoms with E-state index in [1.54, 1.807) is 0 Å². The molecule has 0 aromatic carbocycles. The van der Waals surface area contributed by atoms with Crippen molar-refractivity contribution >= 4 is 18.4 Å². The van der Waals surface area contributed by atoms with Crippen LogP contribution in [0.5, 0.6) is 0 Å². The highest BCUT2D eigenvalue weighted by molar-refractivity contribution is 7.81. The van der Waals surface area contributed by atoms with Crippen molar-refractivity contribution in [3.63, 3.8) is 0 Å². The van der Waals surface area contributed by atoms with Crippen LogP contribution in [0, 0.1) is 0 Å². The summed E-state index contributed by atoms with van der Waals surface area (Å²) in [5, 5.41) is 0.297. The summed E-state index contributed by atoms with van der Waals surface area (Å²) >= 11 is 4.41. The molecule has 0 heterocycles. The number of hydrogen-bond acceptors (Lipinski definition) is 2. The maximum atomic E-state index is 11.2.